The number of ether oxygens (including phenoxy) is 1. The lowest BCUT2D eigenvalue weighted by Gasteiger charge is -2.34. The van der Waals surface area contributed by atoms with Crippen LogP contribution in [0.3, 0.4) is 0 Å². The van der Waals surface area contributed by atoms with E-state index in [1.165, 1.54) is 10.6 Å². The van der Waals surface area contributed by atoms with Gasteiger partial charge in [-0.05, 0) is 32.4 Å². The lowest BCUT2D eigenvalue weighted by atomic mass is 9.91. The first kappa shape index (κ1) is 21.6. The van der Waals surface area contributed by atoms with Crippen molar-refractivity contribution in [3.8, 4) is 0 Å². The number of nitrogens with one attached hydrogen (secondary N) is 2. The molecule has 0 atom stereocenters. The molecule has 2 N–H and O–H groups in total. The fourth-order valence-electron chi connectivity index (χ4n) is 2.53. The number of hydrogen-bond donors (Lipinski definition) is 2. The summed E-state index contributed by atoms with van der Waals surface area (Å²) < 4.78 is 29.7. The number of rotatable bonds is 8. The van der Waals surface area contributed by atoms with Gasteiger partial charge in [-0.2, -0.15) is 0 Å². The van der Waals surface area contributed by atoms with Gasteiger partial charge in [0.2, 0.25) is 10.0 Å². The van der Waals surface area contributed by atoms with Crippen LogP contribution in [-0.4, -0.2) is 70.3 Å². The molecule has 0 radical (unpaired) electrons. The Labute approximate surface area is 139 Å². The Bertz CT molecular complexity index is 439. The number of amides is 1. The molecule has 0 saturated carbocycles. The number of sulfonamides is 1. The number of methoxy groups -OCH3 is 1. The highest BCUT2D eigenvalue weighted by Crippen LogP contribution is 2.22. The number of piperidine rings is 1. The van der Waals surface area contributed by atoms with Crippen LogP contribution in [-0.2, 0) is 19.6 Å². The SMILES string of the molecule is CCN(CCCNC(=O)C1(OC)CCNCC1)S(C)(=O)=O.Cl. The number of carbonyl (C=O) groups is 1. The molecular formula is C13H28ClN3O4S. The average Bonchev–Trinajstić information content (AvgIpc) is 2.46. The lowest BCUT2D eigenvalue weighted by molar-refractivity contribution is -0.146. The first-order valence-electron chi connectivity index (χ1n) is 7.35. The van der Waals surface area contributed by atoms with E-state index in [1.807, 2.05) is 0 Å². The third-order valence-corrected chi connectivity index (χ3v) is 5.29. The quantitative estimate of drug-likeness (QED) is 0.595. The van der Waals surface area contributed by atoms with Gasteiger partial charge in [0.25, 0.3) is 5.91 Å². The highest BCUT2D eigenvalue weighted by atomic mass is 35.5. The van der Waals surface area contributed by atoms with Crippen molar-refractivity contribution in [2.75, 3.05) is 46.1 Å². The van der Waals surface area contributed by atoms with Crippen LogP contribution in [0.5, 0.6) is 0 Å². The van der Waals surface area contributed by atoms with E-state index in [0.29, 0.717) is 38.9 Å². The van der Waals surface area contributed by atoms with Crippen molar-refractivity contribution in [3.05, 3.63) is 0 Å². The van der Waals surface area contributed by atoms with Crippen LogP contribution in [0.15, 0.2) is 0 Å². The van der Waals surface area contributed by atoms with Crippen molar-refractivity contribution < 1.29 is 17.9 Å². The molecule has 1 amide bonds. The van der Waals surface area contributed by atoms with Crippen LogP contribution in [0.25, 0.3) is 0 Å². The van der Waals surface area contributed by atoms with Crippen LogP contribution >= 0.6 is 12.4 Å². The minimum atomic E-state index is -3.17. The summed E-state index contributed by atoms with van der Waals surface area (Å²) in [6, 6.07) is 0. The van der Waals surface area contributed by atoms with Gasteiger partial charge in [0.05, 0.1) is 6.26 Å². The Morgan fingerprint density at radius 2 is 1.95 bits per heavy atom. The van der Waals surface area contributed by atoms with Gasteiger partial charge < -0.3 is 15.4 Å². The van der Waals surface area contributed by atoms with Crippen LogP contribution < -0.4 is 10.6 Å². The number of halogens is 1. The molecule has 0 aliphatic carbocycles. The number of carbonyl (C=O) groups excluding carboxylic acids is 1. The Morgan fingerprint density at radius 1 is 1.36 bits per heavy atom. The van der Waals surface area contributed by atoms with Crippen molar-refractivity contribution in [3.63, 3.8) is 0 Å². The van der Waals surface area contributed by atoms with Gasteiger partial charge in [-0.1, -0.05) is 6.92 Å². The molecule has 0 spiro atoms. The van der Waals surface area contributed by atoms with Crippen molar-refractivity contribution >= 4 is 28.3 Å². The van der Waals surface area contributed by atoms with Crippen LogP contribution in [0, 0.1) is 0 Å². The van der Waals surface area contributed by atoms with E-state index < -0.39 is 15.6 Å². The van der Waals surface area contributed by atoms with E-state index in [4.69, 9.17) is 4.74 Å². The number of hydrogen-bond acceptors (Lipinski definition) is 5. The van der Waals surface area contributed by atoms with Gasteiger partial charge >= 0.3 is 0 Å². The maximum absolute atomic E-state index is 12.3. The first-order chi connectivity index (χ1) is 9.85. The molecule has 1 rings (SSSR count). The zero-order valence-corrected chi connectivity index (χ0v) is 15.2. The van der Waals surface area contributed by atoms with Gasteiger partial charge in [-0.25, -0.2) is 12.7 Å². The smallest absolute Gasteiger partial charge is 0.252 e. The minimum absolute atomic E-state index is 0. The predicted molar refractivity (Wildman–Crippen MR) is 88.8 cm³/mol. The standard InChI is InChI=1S/C13H27N3O4S.ClH/c1-4-16(21(3,18)19)11-5-8-15-12(17)13(20-2)6-9-14-10-7-13;/h14H,4-11H2,1-3H3,(H,15,17);1H. The molecule has 0 aromatic heterocycles. The fourth-order valence-corrected chi connectivity index (χ4v) is 3.46. The van der Waals surface area contributed by atoms with Crippen molar-refractivity contribution in [2.24, 2.45) is 0 Å². The van der Waals surface area contributed by atoms with Gasteiger partial charge in [0.15, 0.2) is 0 Å². The first-order valence-corrected chi connectivity index (χ1v) is 9.20. The molecule has 0 unspecified atom stereocenters. The van der Waals surface area contributed by atoms with Gasteiger partial charge in [-0.3, -0.25) is 4.79 Å². The van der Waals surface area contributed by atoms with E-state index in [0.717, 1.165) is 13.1 Å². The molecular weight excluding hydrogens is 330 g/mol. The van der Waals surface area contributed by atoms with Gasteiger partial charge in [0, 0.05) is 26.7 Å². The Balaban J connectivity index is 0.00000441. The van der Waals surface area contributed by atoms with Crippen LogP contribution in [0.4, 0.5) is 0 Å². The zero-order valence-electron chi connectivity index (χ0n) is 13.6. The molecule has 9 heteroatoms. The topological polar surface area (TPSA) is 87.7 Å². The van der Waals surface area contributed by atoms with E-state index >= 15 is 0 Å². The summed E-state index contributed by atoms with van der Waals surface area (Å²) in [7, 11) is -1.60. The van der Waals surface area contributed by atoms with Crippen molar-refractivity contribution in [1.29, 1.82) is 0 Å². The van der Waals surface area contributed by atoms with Crippen LogP contribution in [0.1, 0.15) is 26.2 Å². The molecule has 1 aliphatic heterocycles. The van der Waals surface area contributed by atoms with E-state index in [2.05, 4.69) is 10.6 Å². The Morgan fingerprint density at radius 3 is 2.41 bits per heavy atom. The van der Waals surface area contributed by atoms with Gasteiger partial charge in [-0.15, -0.1) is 12.4 Å². The second kappa shape index (κ2) is 9.67. The summed E-state index contributed by atoms with van der Waals surface area (Å²) in [5.41, 5.74) is -0.744. The molecule has 1 saturated heterocycles. The molecule has 1 fully saturated rings. The third kappa shape index (κ3) is 6.00. The predicted octanol–water partition coefficient (Wildman–Crippen LogP) is -0.0354. The summed E-state index contributed by atoms with van der Waals surface area (Å²) in [6.45, 7) is 4.63. The van der Waals surface area contributed by atoms with E-state index in [9.17, 15) is 13.2 Å². The molecule has 22 heavy (non-hydrogen) atoms. The molecule has 0 aromatic carbocycles. The molecule has 0 aromatic rings. The van der Waals surface area contributed by atoms with Crippen molar-refractivity contribution in [2.45, 2.75) is 31.8 Å². The van der Waals surface area contributed by atoms with E-state index in [-0.39, 0.29) is 18.3 Å². The highest BCUT2D eigenvalue weighted by molar-refractivity contribution is 7.88. The molecule has 132 valence electrons. The largest absolute Gasteiger partial charge is 0.368 e. The number of nitrogens with zero attached hydrogens (tertiary/aromatic N) is 1. The Hall–Kier alpha value is -0.410. The van der Waals surface area contributed by atoms with E-state index in [1.54, 1.807) is 14.0 Å². The minimum Gasteiger partial charge on any atom is -0.368 e. The average molecular weight is 358 g/mol. The molecule has 7 nitrogen and oxygen atoms in total. The summed E-state index contributed by atoms with van der Waals surface area (Å²) in [5.74, 6) is -0.103. The lowest BCUT2D eigenvalue weighted by Crippen LogP contribution is -2.54. The van der Waals surface area contributed by atoms with Crippen LogP contribution in [0.2, 0.25) is 0 Å². The normalized spacial score (nSPS) is 17.8. The monoisotopic (exact) mass is 357 g/mol. The molecule has 1 aliphatic rings. The second-order valence-electron chi connectivity index (χ2n) is 5.31. The third-order valence-electron chi connectivity index (χ3n) is 3.91. The fraction of sp³-hybridized carbons (Fsp3) is 0.923. The second-order valence-corrected chi connectivity index (χ2v) is 7.29. The maximum atomic E-state index is 12.3. The molecule has 1 heterocycles. The zero-order chi connectivity index (χ0) is 15.9. The maximum Gasteiger partial charge on any atom is 0.252 e. The van der Waals surface area contributed by atoms with Gasteiger partial charge in [0.1, 0.15) is 5.60 Å². The summed E-state index contributed by atoms with van der Waals surface area (Å²) >= 11 is 0. The summed E-state index contributed by atoms with van der Waals surface area (Å²) in [5, 5.41) is 6.06. The highest BCUT2D eigenvalue weighted by Gasteiger charge is 2.39. The summed E-state index contributed by atoms with van der Waals surface area (Å²) in [6.07, 6.45) is 3.09. The molecule has 0 bridgehead atoms. The summed E-state index contributed by atoms with van der Waals surface area (Å²) in [4.78, 5) is 12.3. The Kier molecular flexibility index (Phi) is 9.49. The van der Waals surface area contributed by atoms with Crippen molar-refractivity contribution in [1.82, 2.24) is 14.9 Å².